The molecule has 0 saturated heterocycles. The number of carbonyl (C=O) groups is 1. The lowest BCUT2D eigenvalue weighted by molar-refractivity contribution is -0.106. The van der Waals surface area contributed by atoms with Crippen molar-refractivity contribution in [2.45, 2.75) is 26.2 Å². The van der Waals surface area contributed by atoms with Crippen molar-refractivity contribution in [1.29, 1.82) is 0 Å². The van der Waals surface area contributed by atoms with Crippen LogP contribution in [0.2, 0.25) is 0 Å². The van der Waals surface area contributed by atoms with Crippen LogP contribution >= 0.6 is 0 Å². The standard InChI is InChI=1S/C13H17NO/c1-2-3-4-8-11-14(12-15)13-9-6-5-7-10-13/h5-12H,2-4H2,1H3/b11-8-. The van der Waals surface area contributed by atoms with Crippen LogP contribution in [-0.2, 0) is 4.79 Å². The van der Waals surface area contributed by atoms with Gasteiger partial charge < -0.3 is 0 Å². The fourth-order valence-electron chi connectivity index (χ4n) is 1.29. The normalized spacial score (nSPS) is 10.5. The van der Waals surface area contributed by atoms with E-state index >= 15 is 0 Å². The quantitative estimate of drug-likeness (QED) is 0.513. The van der Waals surface area contributed by atoms with Crippen molar-refractivity contribution in [2.75, 3.05) is 4.90 Å². The van der Waals surface area contributed by atoms with Crippen LogP contribution in [-0.4, -0.2) is 6.41 Å². The van der Waals surface area contributed by atoms with Gasteiger partial charge in [-0.15, -0.1) is 0 Å². The number of hydrogen-bond donors (Lipinski definition) is 0. The number of benzene rings is 1. The Labute approximate surface area is 91.2 Å². The molecule has 0 aliphatic carbocycles. The zero-order chi connectivity index (χ0) is 10.9. The van der Waals surface area contributed by atoms with Gasteiger partial charge in [0, 0.05) is 11.9 Å². The van der Waals surface area contributed by atoms with Gasteiger partial charge in [0.25, 0.3) is 0 Å². The lowest BCUT2D eigenvalue weighted by Gasteiger charge is -2.11. The zero-order valence-corrected chi connectivity index (χ0v) is 9.10. The van der Waals surface area contributed by atoms with Crippen molar-refractivity contribution in [3.05, 3.63) is 42.6 Å². The maximum atomic E-state index is 10.8. The Bertz CT molecular complexity index is 306. The molecule has 0 heterocycles. The molecule has 0 fully saturated rings. The summed E-state index contributed by atoms with van der Waals surface area (Å²) in [5, 5.41) is 0. The van der Waals surface area contributed by atoms with Gasteiger partial charge in [-0.05, 0) is 18.6 Å². The van der Waals surface area contributed by atoms with Crippen LogP contribution in [0.4, 0.5) is 5.69 Å². The van der Waals surface area contributed by atoms with Gasteiger partial charge in [0.15, 0.2) is 0 Å². The fourth-order valence-corrected chi connectivity index (χ4v) is 1.29. The maximum absolute atomic E-state index is 10.8. The van der Waals surface area contributed by atoms with Crippen molar-refractivity contribution < 1.29 is 4.79 Å². The van der Waals surface area contributed by atoms with E-state index in [0.29, 0.717) is 0 Å². The van der Waals surface area contributed by atoms with Gasteiger partial charge >= 0.3 is 0 Å². The number of unbranched alkanes of at least 4 members (excludes halogenated alkanes) is 2. The number of rotatable bonds is 6. The first kappa shape index (κ1) is 11.5. The third-order valence-electron chi connectivity index (χ3n) is 2.16. The minimum absolute atomic E-state index is 0.831. The average Bonchev–Trinajstić information content (AvgIpc) is 2.30. The summed E-state index contributed by atoms with van der Waals surface area (Å²) < 4.78 is 0. The zero-order valence-electron chi connectivity index (χ0n) is 9.10. The summed E-state index contributed by atoms with van der Waals surface area (Å²) in [6.07, 6.45) is 8.06. The van der Waals surface area contributed by atoms with E-state index in [0.717, 1.165) is 24.9 Å². The molecule has 0 aliphatic heterocycles. The minimum atomic E-state index is 0.831. The first-order valence-corrected chi connectivity index (χ1v) is 5.34. The molecule has 0 saturated carbocycles. The van der Waals surface area contributed by atoms with Gasteiger partial charge in [-0.3, -0.25) is 9.69 Å². The number of para-hydroxylation sites is 1. The van der Waals surface area contributed by atoms with Gasteiger partial charge in [-0.2, -0.15) is 0 Å². The van der Waals surface area contributed by atoms with Gasteiger partial charge in [0.2, 0.25) is 6.41 Å². The molecule has 2 nitrogen and oxygen atoms in total. The summed E-state index contributed by atoms with van der Waals surface area (Å²) in [5.41, 5.74) is 0.903. The van der Waals surface area contributed by atoms with Crippen LogP contribution in [0, 0.1) is 0 Å². The summed E-state index contributed by atoms with van der Waals surface area (Å²) in [7, 11) is 0. The van der Waals surface area contributed by atoms with E-state index in [1.54, 1.807) is 4.90 Å². The number of anilines is 1. The average molecular weight is 203 g/mol. The second-order valence-electron chi connectivity index (χ2n) is 3.38. The predicted octanol–water partition coefficient (Wildman–Crippen LogP) is 3.35. The highest BCUT2D eigenvalue weighted by atomic mass is 16.1. The van der Waals surface area contributed by atoms with E-state index in [2.05, 4.69) is 6.92 Å². The van der Waals surface area contributed by atoms with Crippen molar-refractivity contribution in [2.24, 2.45) is 0 Å². The van der Waals surface area contributed by atoms with Crippen molar-refractivity contribution >= 4 is 12.1 Å². The van der Waals surface area contributed by atoms with Gasteiger partial charge in [-0.1, -0.05) is 44.0 Å². The fraction of sp³-hybridized carbons (Fsp3) is 0.308. The minimum Gasteiger partial charge on any atom is -0.291 e. The Kier molecular flexibility index (Phi) is 5.23. The van der Waals surface area contributed by atoms with Crippen LogP contribution in [0.1, 0.15) is 26.2 Å². The van der Waals surface area contributed by atoms with Crippen LogP contribution in [0.3, 0.4) is 0 Å². The molecular weight excluding hydrogens is 186 g/mol. The molecule has 0 aliphatic rings. The van der Waals surface area contributed by atoms with E-state index in [4.69, 9.17) is 0 Å². The number of hydrogen-bond acceptors (Lipinski definition) is 1. The maximum Gasteiger partial charge on any atom is 0.218 e. The molecule has 15 heavy (non-hydrogen) atoms. The number of carbonyl (C=O) groups excluding carboxylic acids is 1. The lowest BCUT2D eigenvalue weighted by atomic mass is 10.2. The molecule has 2 heteroatoms. The predicted molar refractivity (Wildman–Crippen MR) is 63.7 cm³/mol. The molecule has 0 radical (unpaired) electrons. The first-order valence-electron chi connectivity index (χ1n) is 5.34. The van der Waals surface area contributed by atoms with E-state index < -0.39 is 0 Å². The van der Waals surface area contributed by atoms with E-state index in [1.165, 1.54) is 6.42 Å². The van der Waals surface area contributed by atoms with Crippen LogP contribution < -0.4 is 4.90 Å². The van der Waals surface area contributed by atoms with Crippen LogP contribution in [0.5, 0.6) is 0 Å². The molecule has 1 amide bonds. The largest absolute Gasteiger partial charge is 0.291 e. The summed E-state index contributed by atoms with van der Waals surface area (Å²) >= 11 is 0. The Morgan fingerprint density at radius 3 is 2.60 bits per heavy atom. The molecule has 0 unspecified atom stereocenters. The molecule has 1 aromatic rings. The van der Waals surface area contributed by atoms with Gasteiger partial charge in [0.05, 0.1) is 0 Å². The third kappa shape index (κ3) is 3.98. The topological polar surface area (TPSA) is 20.3 Å². The Morgan fingerprint density at radius 2 is 2.00 bits per heavy atom. The molecule has 1 aromatic carbocycles. The monoisotopic (exact) mass is 203 g/mol. The van der Waals surface area contributed by atoms with E-state index in [9.17, 15) is 4.79 Å². The van der Waals surface area contributed by atoms with E-state index in [1.807, 2.05) is 42.6 Å². The van der Waals surface area contributed by atoms with Crippen molar-refractivity contribution in [3.8, 4) is 0 Å². The number of allylic oxidation sites excluding steroid dienone is 1. The Balaban J connectivity index is 2.57. The molecule has 0 atom stereocenters. The third-order valence-corrected chi connectivity index (χ3v) is 2.16. The van der Waals surface area contributed by atoms with Gasteiger partial charge in [0.1, 0.15) is 0 Å². The van der Waals surface area contributed by atoms with E-state index in [-0.39, 0.29) is 0 Å². The Morgan fingerprint density at radius 1 is 1.27 bits per heavy atom. The number of amides is 1. The molecule has 0 bridgehead atoms. The molecule has 0 aromatic heterocycles. The number of nitrogens with zero attached hydrogens (tertiary/aromatic N) is 1. The molecule has 0 spiro atoms. The lowest BCUT2D eigenvalue weighted by Crippen LogP contribution is -2.12. The molecular formula is C13H17NO. The van der Waals surface area contributed by atoms with Gasteiger partial charge in [-0.25, -0.2) is 0 Å². The molecule has 0 N–H and O–H groups in total. The Hall–Kier alpha value is -1.57. The summed E-state index contributed by atoms with van der Waals surface area (Å²) in [6.45, 7) is 2.16. The summed E-state index contributed by atoms with van der Waals surface area (Å²) in [6, 6.07) is 9.61. The summed E-state index contributed by atoms with van der Waals surface area (Å²) in [4.78, 5) is 12.4. The molecule has 80 valence electrons. The SMILES string of the molecule is CCCC/C=C\N(C=O)c1ccccc1. The molecule has 1 rings (SSSR count). The smallest absolute Gasteiger partial charge is 0.218 e. The first-order chi connectivity index (χ1) is 7.38. The van der Waals surface area contributed by atoms with Crippen LogP contribution in [0.15, 0.2) is 42.6 Å². The highest BCUT2D eigenvalue weighted by Crippen LogP contribution is 2.11. The second-order valence-corrected chi connectivity index (χ2v) is 3.38. The highest BCUT2D eigenvalue weighted by molar-refractivity contribution is 5.77. The van der Waals surface area contributed by atoms with Crippen molar-refractivity contribution in [1.82, 2.24) is 0 Å². The second kappa shape index (κ2) is 6.82. The van der Waals surface area contributed by atoms with Crippen LogP contribution in [0.25, 0.3) is 0 Å². The van der Waals surface area contributed by atoms with Crippen molar-refractivity contribution in [3.63, 3.8) is 0 Å². The summed E-state index contributed by atoms with van der Waals surface area (Å²) in [5.74, 6) is 0. The highest BCUT2D eigenvalue weighted by Gasteiger charge is 1.97.